The third kappa shape index (κ3) is 4.97. The topological polar surface area (TPSA) is 50.2 Å². The zero-order chi connectivity index (χ0) is 20.1. The fourth-order valence-electron chi connectivity index (χ4n) is 2.82. The Kier molecular flexibility index (Phi) is 6.44. The molecule has 7 heteroatoms. The normalized spacial score (nSPS) is 11.0. The maximum atomic E-state index is 14.2. The van der Waals surface area contributed by atoms with Gasteiger partial charge in [-0.25, -0.2) is 9.07 Å². The van der Waals surface area contributed by atoms with Crippen molar-refractivity contribution in [3.8, 4) is 0 Å². The molecule has 5 nitrogen and oxygen atoms in total. The molecule has 2 aromatic carbocycles. The second-order valence-corrected chi connectivity index (χ2v) is 7.22. The van der Waals surface area contributed by atoms with Crippen LogP contribution >= 0.6 is 11.6 Å². The number of benzene rings is 2. The highest BCUT2D eigenvalue weighted by atomic mass is 35.5. The van der Waals surface area contributed by atoms with Gasteiger partial charge in [-0.05, 0) is 31.3 Å². The highest BCUT2D eigenvalue weighted by Crippen LogP contribution is 2.18. The van der Waals surface area contributed by atoms with Crippen LogP contribution in [0.5, 0.6) is 0 Å². The summed E-state index contributed by atoms with van der Waals surface area (Å²) in [4.78, 5) is 14.4. The summed E-state index contributed by atoms with van der Waals surface area (Å²) in [7, 11) is 3.79. The van der Waals surface area contributed by atoms with Crippen LogP contribution < -0.4 is 10.9 Å². The fraction of sp³-hybridized carbons (Fsp3) is 0.238. The molecule has 0 unspecified atom stereocenters. The first-order valence-corrected chi connectivity index (χ1v) is 9.27. The molecule has 0 fully saturated rings. The van der Waals surface area contributed by atoms with Crippen LogP contribution in [-0.4, -0.2) is 28.8 Å². The predicted octanol–water partition coefficient (Wildman–Crippen LogP) is 3.76. The van der Waals surface area contributed by atoms with E-state index in [4.69, 9.17) is 11.6 Å². The molecule has 28 heavy (non-hydrogen) atoms. The molecular formula is C21H22ClFN4O. The molecule has 0 spiro atoms. The lowest BCUT2D eigenvalue weighted by Gasteiger charge is -2.13. The maximum absolute atomic E-state index is 14.2. The van der Waals surface area contributed by atoms with Crippen molar-refractivity contribution in [1.82, 2.24) is 14.7 Å². The SMILES string of the molecule is CN(C)Cc1ccc(CNc2cnn(Cc3ccccc3)c(=O)c2Cl)cc1F. The molecule has 0 atom stereocenters. The highest BCUT2D eigenvalue weighted by Gasteiger charge is 2.10. The lowest BCUT2D eigenvalue weighted by atomic mass is 10.1. The van der Waals surface area contributed by atoms with Gasteiger partial charge in [-0.2, -0.15) is 5.10 Å². The van der Waals surface area contributed by atoms with Crippen molar-refractivity contribution < 1.29 is 4.39 Å². The standard InChI is InChI=1S/C21H22ClFN4O/c1-26(2)14-17-9-8-16(10-18(17)23)11-24-19-12-25-27(21(28)20(19)22)13-15-6-4-3-5-7-15/h3-10,12,24H,11,13-14H2,1-2H3. The Morgan fingerprint density at radius 3 is 2.57 bits per heavy atom. The van der Waals surface area contributed by atoms with Crippen molar-refractivity contribution in [3.63, 3.8) is 0 Å². The molecule has 1 aromatic heterocycles. The molecule has 0 radical (unpaired) electrons. The summed E-state index contributed by atoms with van der Waals surface area (Å²) in [5, 5.41) is 7.32. The van der Waals surface area contributed by atoms with Gasteiger partial charge < -0.3 is 10.2 Å². The minimum Gasteiger partial charge on any atom is -0.378 e. The molecule has 1 heterocycles. The Bertz CT molecular complexity index is 1010. The van der Waals surface area contributed by atoms with E-state index in [0.29, 0.717) is 30.9 Å². The van der Waals surface area contributed by atoms with Gasteiger partial charge in [0.25, 0.3) is 5.56 Å². The summed E-state index contributed by atoms with van der Waals surface area (Å²) in [6.07, 6.45) is 1.52. The largest absolute Gasteiger partial charge is 0.378 e. The molecule has 0 saturated heterocycles. The lowest BCUT2D eigenvalue weighted by molar-refractivity contribution is 0.392. The van der Waals surface area contributed by atoms with E-state index < -0.39 is 0 Å². The molecule has 0 amide bonds. The fourth-order valence-corrected chi connectivity index (χ4v) is 3.04. The van der Waals surface area contributed by atoms with E-state index in [1.807, 2.05) is 55.4 Å². The Morgan fingerprint density at radius 1 is 1.14 bits per heavy atom. The van der Waals surface area contributed by atoms with E-state index in [9.17, 15) is 9.18 Å². The monoisotopic (exact) mass is 400 g/mol. The second kappa shape index (κ2) is 8.99. The van der Waals surface area contributed by atoms with E-state index >= 15 is 0 Å². The van der Waals surface area contributed by atoms with Crippen LogP contribution in [-0.2, 0) is 19.6 Å². The number of anilines is 1. The molecule has 0 saturated carbocycles. The van der Waals surface area contributed by atoms with Gasteiger partial charge >= 0.3 is 0 Å². The van der Waals surface area contributed by atoms with Gasteiger partial charge in [0.2, 0.25) is 0 Å². The van der Waals surface area contributed by atoms with Gasteiger partial charge in [0.05, 0.1) is 18.4 Å². The molecule has 3 aromatic rings. The first kappa shape index (κ1) is 20.0. The lowest BCUT2D eigenvalue weighted by Crippen LogP contribution is -2.24. The van der Waals surface area contributed by atoms with Gasteiger partial charge in [-0.3, -0.25) is 4.79 Å². The van der Waals surface area contributed by atoms with E-state index in [2.05, 4.69) is 10.4 Å². The van der Waals surface area contributed by atoms with E-state index in [1.54, 1.807) is 6.07 Å². The average Bonchev–Trinajstić information content (AvgIpc) is 2.67. The molecule has 0 aliphatic heterocycles. The van der Waals surface area contributed by atoms with Crippen molar-refractivity contribution in [2.75, 3.05) is 19.4 Å². The number of rotatable bonds is 7. The summed E-state index contributed by atoms with van der Waals surface area (Å²) in [6, 6.07) is 14.7. The van der Waals surface area contributed by atoms with Crippen LogP contribution in [0.25, 0.3) is 0 Å². The number of nitrogens with one attached hydrogen (secondary N) is 1. The number of hydrogen-bond acceptors (Lipinski definition) is 4. The van der Waals surface area contributed by atoms with Crippen molar-refractivity contribution in [2.45, 2.75) is 19.6 Å². The molecule has 1 N–H and O–H groups in total. The van der Waals surface area contributed by atoms with Gasteiger partial charge in [-0.15, -0.1) is 0 Å². The summed E-state index contributed by atoms with van der Waals surface area (Å²) < 4.78 is 15.5. The van der Waals surface area contributed by atoms with Crippen LogP contribution in [0.1, 0.15) is 16.7 Å². The zero-order valence-electron chi connectivity index (χ0n) is 15.8. The van der Waals surface area contributed by atoms with Crippen LogP contribution in [0, 0.1) is 5.82 Å². The smallest absolute Gasteiger partial charge is 0.287 e. The van der Waals surface area contributed by atoms with E-state index in [0.717, 1.165) is 11.1 Å². The quantitative estimate of drug-likeness (QED) is 0.656. The molecule has 0 aliphatic rings. The third-order valence-electron chi connectivity index (χ3n) is 4.25. The van der Waals surface area contributed by atoms with Crippen molar-refractivity contribution in [1.29, 1.82) is 0 Å². The zero-order valence-corrected chi connectivity index (χ0v) is 16.6. The minimum atomic E-state index is -0.372. The maximum Gasteiger partial charge on any atom is 0.287 e. The Labute approximate surface area is 168 Å². The van der Waals surface area contributed by atoms with Crippen molar-refractivity contribution >= 4 is 17.3 Å². The first-order chi connectivity index (χ1) is 13.4. The summed E-state index contributed by atoms with van der Waals surface area (Å²) >= 11 is 6.23. The Morgan fingerprint density at radius 2 is 1.89 bits per heavy atom. The van der Waals surface area contributed by atoms with E-state index in [1.165, 1.54) is 16.9 Å². The molecular weight excluding hydrogens is 379 g/mol. The molecule has 0 bridgehead atoms. The van der Waals surface area contributed by atoms with Gasteiger partial charge in [0, 0.05) is 18.7 Å². The molecule has 146 valence electrons. The highest BCUT2D eigenvalue weighted by molar-refractivity contribution is 6.32. The number of aromatic nitrogens is 2. The second-order valence-electron chi connectivity index (χ2n) is 6.84. The van der Waals surface area contributed by atoms with Crippen LogP contribution in [0.15, 0.2) is 59.5 Å². The van der Waals surface area contributed by atoms with Crippen molar-refractivity contribution in [3.05, 3.63) is 92.6 Å². The average molecular weight is 401 g/mol. The van der Waals surface area contributed by atoms with Gasteiger partial charge in [-0.1, -0.05) is 54.1 Å². The molecule has 3 rings (SSSR count). The van der Waals surface area contributed by atoms with Crippen LogP contribution in [0.3, 0.4) is 0 Å². The number of halogens is 2. The summed E-state index contributed by atoms with van der Waals surface area (Å²) in [5.74, 6) is -0.254. The number of nitrogens with zero attached hydrogens (tertiary/aromatic N) is 3. The van der Waals surface area contributed by atoms with E-state index in [-0.39, 0.29) is 16.4 Å². The molecule has 0 aliphatic carbocycles. The van der Waals surface area contributed by atoms with Crippen molar-refractivity contribution in [2.24, 2.45) is 0 Å². The summed E-state index contributed by atoms with van der Waals surface area (Å²) in [5.41, 5.74) is 2.40. The van der Waals surface area contributed by atoms with Gasteiger partial charge in [0.1, 0.15) is 10.8 Å². The third-order valence-corrected chi connectivity index (χ3v) is 4.61. The van der Waals surface area contributed by atoms with Crippen LogP contribution in [0.2, 0.25) is 5.02 Å². The van der Waals surface area contributed by atoms with Crippen LogP contribution in [0.4, 0.5) is 10.1 Å². The van der Waals surface area contributed by atoms with Gasteiger partial charge in [0.15, 0.2) is 0 Å². The summed E-state index contributed by atoms with van der Waals surface area (Å²) in [6.45, 7) is 1.22. The Hall–Kier alpha value is -2.70. The minimum absolute atomic E-state index is 0.0654. The Balaban J connectivity index is 1.70. The first-order valence-electron chi connectivity index (χ1n) is 8.89. The number of hydrogen-bond donors (Lipinski definition) is 1. The predicted molar refractivity (Wildman–Crippen MR) is 110 cm³/mol.